The van der Waals surface area contributed by atoms with Gasteiger partial charge in [0.1, 0.15) is 0 Å². The van der Waals surface area contributed by atoms with Crippen LogP contribution in [0.1, 0.15) is 10.4 Å². The predicted molar refractivity (Wildman–Crippen MR) is 113 cm³/mol. The van der Waals surface area contributed by atoms with Gasteiger partial charge in [-0.05, 0) is 46.7 Å². The Labute approximate surface area is 162 Å². The van der Waals surface area contributed by atoms with Crippen LogP contribution in [0.3, 0.4) is 0 Å². The maximum absolute atomic E-state index is 11.5. The van der Waals surface area contributed by atoms with E-state index in [1.165, 1.54) is 10.8 Å². The van der Waals surface area contributed by atoms with Crippen LogP contribution < -0.4 is 0 Å². The first kappa shape index (κ1) is 16.3. The maximum atomic E-state index is 11.5. The van der Waals surface area contributed by atoms with Crippen molar-refractivity contribution in [2.24, 2.45) is 0 Å². The smallest absolute Gasteiger partial charge is 0.335 e. The van der Waals surface area contributed by atoms with Crippen LogP contribution in [0.4, 0.5) is 0 Å². The highest BCUT2D eigenvalue weighted by molar-refractivity contribution is 6.09. The van der Waals surface area contributed by atoms with Crippen molar-refractivity contribution < 1.29 is 9.90 Å². The first-order chi connectivity index (χ1) is 13.7. The lowest BCUT2D eigenvalue weighted by Gasteiger charge is -2.12. The molecular weight excluding hydrogens is 346 g/mol. The molecule has 0 atom stereocenters. The van der Waals surface area contributed by atoms with Crippen molar-refractivity contribution in [3.8, 4) is 16.9 Å². The quantitative estimate of drug-likeness (QED) is 0.418. The molecule has 3 nitrogen and oxygen atoms in total. The van der Waals surface area contributed by atoms with Crippen molar-refractivity contribution in [3.63, 3.8) is 0 Å². The predicted octanol–water partition coefficient (Wildman–Crippen LogP) is 6.15. The van der Waals surface area contributed by atoms with E-state index in [0.717, 1.165) is 27.8 Å². The monoisotopic (exact) mass is 363 g/mol. The van der Waals surface area contributed by atoms with Gasteiger partial charge in [-0.15, -0.1) is 0 Å². The van der Waals surface area contributed by atoms with E-state index in [9.17, 15) is 9.90 Å². The van der Waals surface area contributed by atoms with Crippen LogP contribution in [0, 0.1) is 0 Å². The van der Waals surface area contributed by atoms with Crippen LogP contribution in [0.15, 0.2) is 97.1 Å². The highest BCUT2D eigenvalue weighted by Crippen LogP contribution is 2.35. The average Bonchev–Trinajstić information content (AvgIpc) is 3.14. The van der Waals surface area contributed by atoms with Crippen molar-refractivity contribution >= 4 is 27.6 Å². The zero-order chi connectivity index (χ0) is 19.1. The summed E-state index contributed by atoms with van der Waals surface area (Å²) in [6, 6.07) is 32.0. The third-order valence-electron chi connectivity index (χ3n) is 5.13. The van der Waals surface area contributed by atoms with E-state index in [0.29, 0.717) is 0 Å². The van der Waals surface area contributed by atoms with E-state index >= 15 is 0 Å². The van der Waals surface area contributed by atoms with Crippen LogP contribution in [0.2, 0.25) is 0 Å². The topological polar surface area (TPSA) is 42.2 Å². The molecule has 134 valence electrons. The van der Waals surface area contributed by atoms with E-state index in [1.54, 1.807) is 18.2 Å². The first-order valence-corrected chi connectivity index (χ1v) is 9.15. The Balaban J connectivity index is 1.89. The molecule has 0 bridgehead atoms. The van der Waals surface area contributed by atoms with Gasteiger partial charge in [-0.25, -0.2) is 4.79 Å². The number of benzene rings is 4. The molecule has 1 heterocycles. The van der Waals surface area contributed by atoms with Crippen molar-refractivity contribution in [1.29, 1.82) is 0 Å². The molecule has 0 fully saturated rings. The Morgan fingerprint density at radius 1 is 0.714 bits per heavy atom. The first-order valence-electron chi connectivity index (χ1n) is 9.15. The zero-order valence-electron chi connectivity index (χ0n) is 15.0. The molecule has 28 heavy (non-hydrogen) atoms. The summed E-state index contributed by atoms with van der Waals surface area (Å²) in [7, 11) is 0. The molecule has 0 unspecified atom stereocenters. The number of aromatic carboxylic acids is 1. The van der Waals surface area contributed by atoms with Crippen LogP contribution in [-0.2, 0) is 0 Å². The lowest BCUT2D eigenvalue weighted by Crippen LogP contribution is -2.01. The average molecular weight is 363 g/mol. The van der Waals surface area contributed by atoms with Gasteiger partial charge in [0, 0.05) is 11.1 Å². The molecule has 0 aliphatic rings. The van der Waals surface area contributed by atoms with Crippen LogP contribution in [-0.4, -0.2) is 15.6 Å². The van der Waals surface area contributed by atoms with Crippen LogP contribution >= 0.6 is 0 Å². The highest BCUT2D eigenvalue weighted by atomic mass is 16.4. The fourth-order valence-corrected chi connectivity index (χ4v) is 3.84. The number of fused-ring (bicyclic) bond motifs is 3. The Hall–Kier alpha value is -3.85. The minimum absolute atomic E-state index is 0.277. The van der Waals surface area contributed by atoms with Gasteiger partial charge in [0.05, 0.1) is 16.8 Å². The summed E-state index contributed by atoms with van der Waals surface area (Å²) in [5, 5.41) is 13.0. The van der Waals surface area contributed by atoms with Gasteiger partial charge in [-0.2, -0.15) is 0 Å². The summed E-state index contributed by atoms with van der Waals surface area (Å²) in [6.07, 6.45) is 0. The number of hydrogen-bond acceptors (Lipinski definition) is 1. The summed E-state index contributed by atoms with van der Waals surface area (Å²) in [5.41, 5.74) is 4.29. The molecule has 0 amide bonds. The summed E-state index contributed by atoms with van der Waals surface area (Å²) in [5.74, 6) is -0.926. The number of nitrogens with zero attached hydrogens (tertiary/aromatic N) is 1. The van der Waals surface area contributed by atoms with Gasteiger partial charge in [0.15, 0.2) is 0 Å². The number of rotatable bonds is 3. The Kier molecular flexibility index (Phi) is 3.73. The number of carbonyl (C=O) groups is 1. The van der Waals surface area contributed by atoms with Crippen LogP contribution in [0.25, 0.3) is 38.6 Å². The third-order valence-corrected chi connectivity index (χ3v) is 5.13. The Morgan fingerprint density at radius 2 is 1.50 bits per heavy atom. The molecule has 0 aliphatic heterocycles. The highest BCUT2D eigenvalue weighted by Gasteiger charge is 2.15. The summed E-state index contributed by atoms with van der Waals surface area (Å²) >= 11 is 0. The molecular formula is C25H17NO2. The van der Waals surface area contributed by atoms with Gasteiger partial charge >= 0.3 is 5.97 Å². The second kappa shape index (κ2) is 6.39. The molecule has 1 N–H and O–H groups in total. The molecule has 1 aromatic heterocycles. The van der Waals surface area contributed by atoms with Gasteiger partial charge in [0.25, 0.3) is 0 Å². The van der Waals surface area contributed by atoms with E-state index < -0.39 is 5.97 Å². The normalized spacial score (nSPS) is 11.1. The number of aromatic nitrogens is 1. The molecule has 5 aromatic rings. The van der Waals surface area contributed by atoms with Crippen LogP contribution in [0.5, 0.6) is 0 Å². The zero-order valence-corrected chi connectivity index (χ0v) is 15.0. The van der Waals surface area contributed by atoms with Crippen molar-refractivity contribution in [3.05, 3.63) is 103 Å². The minimum Gasteiger partial charge on any atom is -0.478 e. The number of carboxylic acid groups (broad SMARTS) is 1. The van der Waals surface area contributed by atoms with E-state index in [2.05, 4.69) is 47.0 Å². The van der Waals surface area contributed by atoms with E-state index in [1.807, 2.05) is 36.4 Å². The Bertz CT molecular complexity index is 1330. The lowest BCUT2D eigenvalue weighted by molar-refractivity contribution is 0.0697. The largest absolute Gasteiger partial charge is 0.478 e. The molecule has 0 spiro atoms. The summed E-state index contributed by atoms with van der Waals surface area (Å²) in [4.78, 5) is 11.5. The fraction of sp³-hybridized carbons (Fsp3) is 0. The van der Waals surface area contributed by atoms with E-state index in [-0.39, 0.29) is 5.56 Å². The van der Waals surface area contributed by atoms with Gasteiger partial charge in [-0.3, -0.25) is 0 Å². The lowest BCUT2D eigenvalue weighted by atomic mass is 10.1. The number of carboxylic acids is 1. The summed E-state index contributed by atoms with van der Waals surface area (Å²) in [6.45, 7) is 0. The molecule has 0 saturated heterocycles. The van der Waals surface area contributed by atoms with Crippen molar-refractivity contribution in [2.75, 3.05) is 0 Å². The minimum atomic E-state index is -0.926. The second-order valence-corrected chi connectivity index (χ2v) is 6.81. The van der Waals surface area contributed by atoms with Crippen molar-refractivity contribution in [1.82, 2.24) is 4.57 Å². The fourth-order valence-electron chi connectivity index (χ4n) is 3.84. The molecule has 0 aliphatic carbocycles. The second-order valence-electron chi connectivity index (χ2n) is 6.81. The molecule has 3 heteroatoms. The SMILES string of the molecule is O=C(O)c1cccc(-n2c(-c3ccccc3)cc3c4ccccc4ccc32)c1. The summed E-state index contributed by atoms with van der Waals surface area (Å²) < 4.78 is 2.14. The molecule has 0 radical (unpaired) electrons. The van der Waals surface area contributed by atoms with Gasteiger partial charge in [0.2, 0.25) is 0 Å². The maximum Gasteiger partial charge on any atom is 0.335 e. The Morgan fingerprint density at radius 3 is 2.32 bits per heavy atom. The molecule has 5 rings (SSSR count). The van der Waals surface area contributed by atoms with Crippen molar-refractivity contribution in [2.45, 2.75) is 0 Å². The molecule has 0 saturated carbocycles. The number of hydrogen-bond donors (Lipinski definition) is 1. The molecule has 4 aromatic carbocycles. The third kappa shape index (κ3) is 2.57. The van der Waals surface area contributed by atoms with Gasteiger partial charge in [-0.1, -0.05) is 66.7 Å². The standard InChI is InChI=1S/C25H17NO2/c27-25(28)19-10-6-11-20(15-19)26-23-14-13-17-7-4-5-12-21(17)22(23)16-24(26)18-8-2-1-3-9-18/h1-16H,(H,27,28). The van der Waals surface area contributed by atoms with Gasteiger partial charge < -0.3 is 9.67 Å². The van der Waals surface area contributed by atoms with E-state index in [4.69, 9.17) is 0 Å².